The fourth-order valence-electron chi connectivity index (χ4n) is 4.40. The number of benzene rings is 2. The minimum Gasteiger partial charge on any atom is -0.493 e. The van der Waals surface area contributed by atoms with E-state index in [-0.39, 0.29) is 17.9 Å². The molecule has 1 N–H and O–H groups in total. The molecule has 3 aromatic rings. The number of amides is 1. The highest BCUT2D eigenvalue weighted by atomic mass is 16.5. The Kier molecular flexibility index (Phi) is 5.41. The molecule has 32 heavy (non-hydrogen) atoms. The highest BCUT2D eigenvalue weighted by molar-refractivity contribution is 5.88. The summed E-state index contributed by atoms with van der Waals surface area (Å²) in [5, 5.41) is 2.91. The zero-order chi connectivity index (χ0) is 22.2. The van der Waals surface area contributed by atoms with E-state index in [1.807, 2.05) is 38.4 Å². The topological polar surface area (TPSA) is 74.6 Å². The van der Waals surface area contributed by atoms with Crippen LogP contribution in [0.25, 0.3) is 22.2 Å². The molecule has 5 rings (SSSR count). The van der Waals surface area contributed by atoms with Gasteiger partial charge in [0.05, 0.1) is 25.6 Å². The molecule has 1 saturated carbocycles. The van der Waals surface area contributed by atoms with Crippen LogP contribution in [0, 0.1) is 5.92 Å². The van der Waals surface area contributed by atoms with Gasteiger partial charge < -0.3 is 24.1 Å². The molecule has 7 heteroatoms. The summed E-state index contributed by atoms with van der Waals surface area (Å²) in [5.74, 6) is 2.47. The van der Waals surface area contributed by atoms with Gasteiger partial charge in [0.15, 0.2) is 11.5 Å². The lowest BCUT2D eigenvalue weighted by Gasteiger charge is -2.21. The average molecular weight is 436 g/mol. The van der Waals surface area contributed by atoms with Crippen molar-refractivity contribution in [2.24, 2.45) is 5.92 Å². The fraction of sp³-hybridized carbons (Fsp3) is 0.440. The van der Waals surface area contributed by atoms with E-state index in [9.17, 15) is 4.79 Å². The van der Waals surface area contributed by atoms with Crippen molar-refractivity contribution in [3.05, 3.63) is 36.7 Å². The van der Waals surface area contributed by atoms with Crippen LogP contribution in [-0.4, -0.2) is 41.8 Å². The minimum absolute atomic E-state index is 0.0917. The molecule has 1 aliphatic carbocycles. The van der Waals surface area contributed by atoms with Gasteiger partial charge in [-0.25, -0.2) is 4.98 Å². The SMILES string of the molecule is CCOc1cc(-c2cc(O[C@H](C)[C@H]3CNC(=O)C3)c3c(c2)ncn3C2CC2)ccc1OC. The third-order valence-electron chi connectivity index (χ3n) is 6.36. The van der Waals surface area contributed by atoms with E-state index in [2.05, 4.69) is 22.0 Å². The van der Waals surface area contributed by atoms with E-state index in [1.165, 1.54) is 12.8 Å². The lowest BCUT2D eigenvalue weighted by molar-refractivity contribution is -0.119. The van der Waals surface area contributed by atoms with Crippen molar-refractivity contribution in [2.75, 3.05) is 20.3 Å². The van der Waals surface area contributed by atoms with Crippen LogP contribution in [0.4, 0.5) is 0 Å². The monoisotopic (exact) mass is 435 g/mol. The van der Waals surface area contributed by atoms with Crippen molar-refractivity contribution in [3.8, 4) is 28.4 Å². The molecule has 0 unspecified atom stereocenters. The van der Waals surface area contributed by atoms with Crippen LogP contribution in [0.2, 0.25) is 0 Å². The first-order valence-electron chi connectivity index (χ1n) is 11.3. The Morgan fingerprint density at radius 2 is 1.97 bits per heavy atom. The van der Waals surface area contributed by atoms with Gasteiger partial charge in [-0.3, -0.25) is 4.79 Å². The third-order valence-corrected chi connectivity index (χ3v) is 6.36. The zero-order valence-electron chi connectivity index (χ0n) is 18.8. The molecule has 168 valence electrons. The highest BCUT2D eigenvalue weighted by Gasteiger charge is 2.30. The molecule has 0 radical (unpaired) electrons. The summed E-state index contributed by atoms with van der Waals surface area (Å²) >= 11 is 0. The lowest BCUT2D eigenvalue weighted by atomic mass is 10.0. The summed E-state index contributed by atoms with van der Waals surface area (Å²) in [6.07, 6.45) is 4.66. The van der Waals surface area contributed by atoms with Crippen LogP contribution >= 0.6 is 0 Å². The van der Waals surface area contributed by atoms with Gasteiger partial charge in [-0.05, 0) is 62.1 Å². The number of hydrogen-bond donors (Lipinski definition) is 1. The van der Waals surface area contributed by atoms with Crippen LogP contribution in [0.1, 0.15) is 39.2 Å². The number of nitrogens with one attached hydrogen (secondary N) is 1. The quantitative estimate of drug-likeness (QED) is 0.569. The second-order valence-electron chi connectivity index (χ2n) is 8.62. The Balaban J connectivity index is 1.56. The molecule has 2 heterocycles. The predicted octanol–water partition coefficient (Wildman–Crippen LogP) is 4.35. The van der Waals surface area contributed by atoms with Crippen molar-refractivity contribution in [1.29, 1.82) is 0 Å². The molecule has 2 aromatic carbocycles. The molecule has 1 amide bonds. The Labute approximate surface area is 187 Å². The van der Waals surface area contributed by atoms with Gasteiger partial charge in [-0.15, -0.1) is 0 Å². The number of imidazole rings is 1. The largest absolute Gasteiger partial charge is 0.493 e. The molecule has 0 bridgehead atoms. The number of methoxy groups -OCH3 is 1. The third kappa shape index (κ3) is 3.87. The number of carbonyl (C=O) groups is 1. The van der Waals surface area contributed by atoms with Gasteiger partial charge in [0, 0.05) is 24.9 Å². The van der Waals surface area contributed by atoms with E-state index < -0.39 is 0 Å². The number of carbonyl (C=O) groups excluding carboxylic acids is 1. The first-order chi connectivity index (χ1) is 15.6. The minimum atomic E-state index is -0.0928. The number of fused-ring (bicyclic) bond motifs is 1. The molecule has 2 aliphatic rings. The Morgan fingerprint density at radius 3 is 2.66 bits per heavy atom. The second kappa shape index (κ2) is 8.37. The Bertz CT molecular complexity index is 1150. The maximum absolute atomic E-state index is 11.7. The highest BCUT2D eigenvalue weighted by Crippen LogP contribution is 2.42. The number of aromatic nitrogens is 2. The average Bonchev–Trinajstić information content (AvgIpc) is 3.39. The van der Waals surface area contributed by atoms with Crippen LogP contribution in [0.3, 0.4) is 0 Å². The maximum Gasteiger partial charge on any atom is 0.220 e. The van der Waals surface area contributed by atoms with E-state index in [0.29, 0.717) is 37.1 Å². The summed E-state index contributed by atoms with van der Waals surface area (Å²) in [4.78, 5) is 16.4. The van der Waals surface area contributed by atoms with Crippen LogP contribution in [0.15, 0.2) is 36.7 Å². The Hall–Kier alpha value is -3.22. The van der Waals surface area contributed by atoms with Crippen LogP contribution in [-0.2, 0) is 4.79 Å². The van der Waals surface area contributed by atoms with Crippen molar-refractivity contribution < 1.29 is 19.0 Å². The Morgan fingerprint density at radius 1 is 1.16 bits per heavy atom. The first-order valence-corrected chi connectivity index (χ1v) is 11.3. The molecule has 0 spiro atoms. The normalized spacial score (nSPS) is 19.1. The summed E-state index contributed by atoms with van der Waals surface area (Å²) in [7, 11) is 1.64. The molecule has 7 nitrogen and oxygen atoms in total. The van der Waals surface area contributed by atoms with Gasteiger partial charge in [-0.2, -0.15) is 0 Å². The predicted molar refractivity (Wildman–Crippen MR) is 122 cm³/mol. The smallest absolute Gasteiger partial charge is 0.220 e. The van der Waals surface area contributed by atoms with Gasteiger partial charge in [0.25, 0.3) is 0 Å². The molecule has 2 fully saturated rings. The second-order valence-corrected chi connectivity index (χ2v) is 8.62. The van der Waals surface area contributed by atoms with Crippen molar-refractivity contribution in [2.45, 2.75) is 45.3 Å². The fourth-order valence-corrected chi connectivity index (χ4v) is 4.40. The first kappa shape index (κ1) is 20.7. The standard InChI is InChI=1S/C25H29N3O4/c1-4-31-22-10-16(5-8-21(22)30-3)17-9-20-25(28(14-27-20)19-6-7-19)23(11-17)32-15(2)18-12-24(29)26-13-18/h5,8-11,14-15,18-19H,4,6-7,12-13H2,1-3H3,(H,26,29)/t15-,18-/m1/s1. The van der Waals surface area contributed by atoms with Crippen LogP contribution < -0.4 is 19.5 Å². The number of nitrogens with zero attached hydrogens (tertiary/aromatic N) is 2. The van der Waals surface area contributed by atoms with Crippen molar-refractivity contribution in [3.63, 3.8) is 0 Å². The molecule has 1 aromatic heterocycles. The molecule has 2 atom stereocenters. The van der Waals surface area contributed by atoms with Gasteiger partial charge in [0.2, 0.25) is 5.91 Å². The van der Waals surface area contributed by atoms with E-state index >= 15 is 0 Å². The summed E-state index contributed by atoms with van der Waals surface area (Å²) in [6, 6.07) is 10.6. The molecular formula is C25H29N3O4. The number of hydrogen-bond acceptors (Lipinski definition) is 5. The molecule has 1 aliphatic heterocycles. The maximum atomic E-state index is 11.7. The number of ether oxygens (including phenoxy) is 3. The summed E-state index contributed by atoms with van der Waals surface area (Å²) in [5.41, 5.74) is 3.95. The van der Waals surface area contributed by atoms with E-state index in [0.717, 1.165) is 27.9 Å². The summed E-state index contributed by atoms with van der Waals surface area (Å²) < 4.78 is 20.0. The van der Waals surface area contributed by atoms with Gasteiger partial charge in [-0.1, -0.05) is 6.07 Å². The zero-order valence-corrected chi connectivity index (χ0v) is 18.8. The van der Waals surface area contributed by atoms with Gasteiger partial charge >= 0.3 is 0 Å². The lowest BCUT2D eigenvalue weighted by Crippen LogP contribution is -2.25. The van der Waals surface area contributed by atoms with Crippen molar-refractivity contribution in [1.82, 2.24) is 14.9 Å². The molecular weight excluding hydrogens is 406 g/mol. The number of rotatable bonds is 8. The summed E-state index contributed by atoms with van der Waals surface area (Å²) in [6.45, 7) is 5.21. The van der Waals surface area contributed by atoms with E-state index in [4.69, 9.17) is 19.2 Å². The van der Waals surface area contributed by atoms with Crippen LogP contribution in [0.5, 0.6) is 17.2 Å². The molecule has 1 saturated heterocycles. The van der Waals surface area contributed by atoms with Gasteiger partial charge in [0.1, 0.15) is 17.4 Å². The van der Waals surface area contributed by atoms with Crippen molar-refractivity contribution >= 4 is 16.9 Å². The van der Waals surface area contributed by atoms with E-state index in [1.54, 1.807) is 7.11 Å².